The van der Waals surface area contributed by atoms with Gasteiger partial charge in [-0.1, -0.05) is 42.5 Å². The number of hydrogen-bond acceptors (Lipinski definition) is 2. The van der Waals surface area contributed by atoms with Gasteiger partial charge in [-0.2, -0.15) is 0 Å². The molecule has 1 N–H and O–H groups in total. The van der Waals surface area contributed by atoms with E-state index in [0.29, 0.717) is 12.0 Å². The fraction of sp³-hybridized carbons (Fsp3) is 0.333. The van der Waals surface area contributed by atoms with Crippen LogP contribution in [-0.4, -0.2) is 19.2 Å². The lowest BCUT2D eigenvalue weighted by molar-refractivity contribution is 0.322. The predicted octanol–water partition coefficient (Wildman–Crippen LogP) is 2.92. The molecule has 2 nitrogen and oxygen atoms in total. The van der Waals surface area contributed by atoms with E-state index in [-0.39, 0.29) is 0 Å². The number of para-hydroxylation sites is 1. The van der Waals surface area contributed by atoms with E-state index < -0.39 is 0 Å². The Morgan fingerprint density at radius 3 is 2.45 bits per heavy atom. The maximum absolute atomic E-state index is 5.75. The van der Waals surface area contributed by atoms with Crippen molar-refractivity contribution in [3.05, 3.63) is 65.2 Å². The number of ether oxygens (including phenoxy) is 1. The maximum atomic E-state index is 5.75. The zero-order chi connectivity index (χ0) is 13.4. The van der Waals surface area contributed by atoms with Gasteiger partial charge in [-0.25, -0.2) is 0 Å². The van der Waals surface area contributed by atoms with Crippen LogP contribution in [0.4, 0.5) is 0 Å². The van der Waals surface area contributed by atoms with Gasteiger partial charge in [0, 0.05) is 24.1 Å². The molecule has 20 heavy (non-hydrogen) atoms. The van der Waals surface area contributed by atoms with Crippen molar-refractivity contribution in [1.82, 2.24) is 5.32 Å². The molecule has 0 aromatic heterocycles. The molecule has 102 valence electrons. The van der Waals surface area contributed by atoms with Gasteiger partial charge in [0.25, 0.3) is 0 Å². The highest BCUT2D eigenvalue weighted by molar-refractivity contribution is 5.40. The second-order valence-corrected chi connectivity index (χ2v) is 5.83. The molecule has 0 spiro atoms. The Kier molecular flexibility index (Phi) is 2.96. The van der Waals surface area contributed by atoms with Gasteiger partial charge < -0.3 is 10.1 Å². The second-order valence-electron chi connectivity index (χ2n) is 5.83. The maximum Gasteiger partial charge on any atom is 0.122 e. The smallest absolute Gasteiger partial charge is 0.122 e. The molecule has 0 bridgehead atoms. The van der Waals surface area contributed by atoms with Crippen LogP contribution in [-0.2, 0) is 12.8 Å². The van der Waals surface area contributed by atoms with Crippen LogP contribution >= 0.6 is 0 Å². The highest BCUT2D eigenvalue weighted by Gasteiger charge is 2.26. The lowest BCUT2D eigenvalue weighted by atomic mass is 10.0. The summed E-state index contributed by atoms with van der Waals surface area (Å²) in [4.78, 5) is 0. The third kappa shape index (κ3) is 2.10. The van der Waals surface area contributed by atoms with E-state index in [1.807, 2.05) is 6.07 Å². The molecular formula is C18H19NO. The molecule has 4 rings (SSSR count). The van der Waals surface area contributed by atoms with Crippen LogP contribution < -0.4 is 10.1 Å². The molecular weight excluding hydrogens is 246 g/mol. The van der Waals surface area contributed by atoms with Crippen LogP contribution in [0.1, 0.15) is 22.6 Å². The zero-order valence-corrected chi connectivity index (χ0v) is 11.5. The Morgan fingerprint density at radius 1 is 0.950 bits per heavy atom. The Labute approximate surface area is 119 Å². The van der Waals surface area contributed by atoms with Crippen LogP contribution in [0.25, 0.3) is 0 Å². The molecule has 2 aromatic rings. The molecule has 1 unspecified atom stereocenters. The molecule has 1 aliphatic carbocycles. The lowest BCUT2D eigenvalue weighted by Crippen LogP contribution is -2.33. The number of rotatable bonds is 3. The van der Waals surface area contributed by atoms with Crippen LogP contribution in [0.5, 0.6) is 5.75 Å². The Hall–Kier alpha value is -1.80. The van der Waals surface area contributed by atoms with Crippen LogP contribution in [0, 0.1) is 0 Å². The van der Waals surface area contributed by atoms with E-state index in [2.05, 4.69) is 47.8 Å². The van der Waals surface area contributed by atoms with Crippen molar-refractivity contribution in [1.29, 1.82) is 0 Å². The SMILES string of the molecule is c1ccc2c(c1)CC(NCC1COc3ccccc31)C2. The largest absolute Gasteiger partial charge is 0.493 e. The van der Waals surface area contributed by atoms with Crippen molar-refractivity contribution >= 4 is 0 Å². The van der Waals surface area contributed by atoms with E-state index in [9.17, 15) is 0 Å². The molecule has 2 aliphatic rings. The van der Waals surface area contributed by atoms with Crippen molar-refractivity contribution in [3.8, 4) is 5.75 Å². The summed E-state index contributed by atoms with van der Waals surface area (Å²) in [6.07, 6.45) is 2.32. The van der Waals surface area contributed by atoms with E-state index >= 15 is 0 Å². The van der Waals surface area contributed by atoms with Crippen LogP contribution in [0.15, 0.2) is 48.5 Å². The van der Waals surface area contributed by atoms with E-state index in [4.69, 9.17) is 4.74 Å². The topological polar surface area (TPSA) is 21.3 Å². The van der Waals surface area contributed by atoms with Crippen molar-refractivity contribution < 1.29 is 4.74 Å². The van der Waals surface area contributed by atoms with Gasteiger partial charge in [-0.15, -0.1) is 0 Å². The molecule has 1 atom stereocenters. The summed E-state index contributed by atoms with van der Waals surface area (Å²) < 4.78 is 5.75. The lowest BCUT2D eigenvalue weighted by Gasteiger charge is -2.15. The summed E-state index contributed by atoms with van der Waals surface area (Å²) in [5.74, 6) is 1.56. The zero-order valence-electron chi connectivity index (χ0n) is 11.5. The molecule has 0 radical (unpaired) electrons. The first kappa shape index (κ1) is 12.0. The summed E-state index contributed by atoms with van der Waals surface area (Å²) in [5, 5.41) is 3.73. The molecule has 0 saturated heterocycles. The first-order valence-electron chi connectivity index (χ1n) is 7.42. The average molecular weight is 265 g/mol. The number of hydrogen-bond donors (Lipinski definition) is 1. The van der Waals surface area contributed by atoms with Gasteiger partial charge in [0.05, 0.1) is 6.61 Å². The monoisotopic (exact) mass is 265 g/mol. The second kappa shape index (κ2) is 4.95. The summed E-state index contributed by atoms with van der Waals surface area (Å²) in [5.41, 5.74) is 4.37. The Balaban J connectivity index is 1.39. The predicted molar refractivity (Wildman–Crippen MR) is 80.3 cm³/mol. The minimum absolute atomic E-state index is 0.495. The van der Waals surface area contributed by atoms with E-state index in [1.165, 1.54) is 16.7 Å². The average Bonchev–Trinajstić information content (AvgIpc) is 3.08. The minimum Gasteiger partial charge on any atom is -0.493 e. The van der Waals surface area contributed by atoms with Gasteiger partial charge in [0.2, 0.25) is 0 Å². The van der Waals surface area contributed by atoms with Crippen molar-refractivity contribution in [2.75, 3.05) is 13.2 Å². The van der Waals surface area contributed by atoms with Crippen molar-refractivity contribution in [2.45, 2.75) is 24.8 Å². The van der Waals surface area contributed by atoms with Gasteiger partial charge in [-0.05, 0) is 30.0 Å². The van der Waals surface area contributed by atoms with Crippen LogP contribution in [0.2, 0.25) is 0 Å². The first-order valence-corrected chi connectivity index (χ1v) is 7.42. The van der Waals surface area contributed by atoms with Gasteiger partial charge in [0.15, 0.2) is 0 Å². The summed E-state index contributed by atoms with van der Waals surface area (Å²) in [7, 11) is 0. The minimum atomic E-state index is 0.495. The molecule has 0 fully saturated rings. The normalized spacial score (nSPS) is 20.5. The Bertz CT molecular complexity index is 597. The molecule has 0 saturated carbocycles. The van der Waals surface area contributed by atoms with Gasteiger partial charge in [-0.3, -0.25) is 0 Å². The number of fused-ring (bicyclic) bond motifs is 2. The highest BCUT2D eigenvalue weighted by atomic mass is 16.5. The van der Waals surface area contributed by atoms with Crippen molar-refractivity contribution in [2.24, 2.45) is 0 Å². The fourth-order valence-corrected chi connectivity index (χ4v) is 3.41. The molecule has 2 aromatic carbocycles. The fourth-order valence-electron chi connectivity index (χ4n) is 3.41. The highest BCUT2D eigenvalue weighted by Crippen LogP contribution is 2.33. The molecule has 1 heterocycles. The third-order valence-electron chi connectivity index (χ3n) is 4.50. The van der Waals surface area contributed by atoms with E-state index in [0.717, 1.165) is 31.7 Å². The molecule has 1 aliphatic heterocycles. The van der Waals surface area contributed by atoms with Gasteiger partial charge >= 0.3 is 0 Å². The van der Waals surface area contributed by atoms with E-state index in [1.54, 1.807) is 0 Å². The first-order chi connectivity index (χ1) is 9.90. The third-order valence-corrected chi connectivity index (χ3v) is 4.50. The number of nitrogens with one attached hydrogen (secondary N) is 1. The quantitative estimate of drug-likeness (QED) is 0.921. The Morgan fingerprint density at radius 2 is 1.65 bits per heavy atom. The van der Waals surface area contributed by atoms with Crippen molar-refractivity contribution in [3.63, 3.8) is 0 Å². The summed E-state index contributed by atoms with van der Waals surface area (Å²) >= 11 is 0. The number of benzene rings is 2. The summed E-state index contributed by atoms with van der Waals surface area (Å²) in [6, 6.07) is 17.8. The summed E-state index contributed by atoms with van der Waals surface area (Å²) in [6.45, 7) is 1.82. The molecule has 2 heteroatoms. The van der Waals surface area contributed by atoms with Crippen LogP contribution in [0.3, 0.4) is 0 Å². The standard InChI is InChI=1S/C18H19NO/c1-2-6-14-10-16(9-13(14)5-1)19-11-15-12-20-18-8-4-3-7-17(15)18/h1-8,15-16,19H,9-12H2. The van der Waals surface area contributed by atoms with Gasteiger partial charge in [0.1, 0.15) is 5.75 Å². The molecule has 0 amide bonds.